The lowest BCUT2D eigenvalue weighted by Crippen LogP contribution is -2.45. The molecule has 1 fully saturated rings. The minimum Gasteiger partial charge on any atom is -0.457 e. The van der Waals surface area contributed by atoms with Gasteiger partial charge in [0.1, 0.15) is 11.5 Å². The molecule has 0 saturated carbocycles. The third-order valence-electron chi connectivity index (χ3n) is 4.89. The van der Waals surface area contributed by atoms with E-state index in [-0.39, 0.29) is 18.1 Å². The number of ether oxygens (including phenoxy) is 2. The molecule has 0 aliphatic carbocycles. The van der Waals surface area contributed by atoms with E-state index >= 15 is 0 Å². The zero-order valence-corrected chi connectivity index (χ0v) is 15.6. The molecule has 2 aromatic carbocycles. The van der Waals surface area contributed by atoms with Crippen molar-refractivity contribution in [3.05, 3.63) is 54.6 Å². The van der Waals surface area contributed by atoms with Crippen molar-refractivity contribution in [3.63, 3.8) is 0 Å². The van der Waals surface area contributed by atoms with Crippen molar-refractivity contribution in [2.75, 3.05) is 38.7 Å². The van der Waals surface area contributed by atoms with E-state index in [0.717, 1.165) is 18.6 Å². The van der Waals surface area contributed by atoms with Crippen LogP contribution in [0.15, 0.2) is 54.6 Å². The normalized spacial score (nSPS) is 15.8. The molecule has 0 unspecified atom stereocenters. The van der Waals surface area contributed by atoms with Crippen LogP contribution in [0.1, 0.15) is 12.8 Å². The van der Waals surface area contributed by atoms with Crippen molar-refractivity contribution in [2.45, 2.75) is 12.8 Å². The van der Waals surface area contributed by atoms with Gasteiger partial charge in [-0.25, -0.2) is 4.79 Å². The Morgan fingerprint density at radius 3 is 2.37 bits per heavy atom. The predicted octanol–water partition coefficient (Wildman–Crippen LogP) is 3.73. The SMILES string of the molecule is CN(CC1(CO)CCOCC1)C(=O)Nc1ccc(Oc2ccccc2)cc1. The number of aliphatic hydroxyl groups is 1. The third-order valence-corrected chi connectivity index (χ3v) is 4.89. The minimum atomic E-state index is -0.280. The standard InChI is InChI=1S/C21H26N2O4/c1-23(15-21(16-24)11-13-26-14-12-21)20(25)22-17-7-9-19(10-8-17)27-18-5-3-2-4-6-18/h2-10,24H,11-16H2,1H3,(H,22,25). The molecule has 2 N–H and O–H groups in total. The molecule has 1 aliphatic heterocycles. The Balaban J connectivity index is 1.55. The van der Waals surface area contributed by atoms with E-state index in [1.807, 2.05) is 42.5 Å². The Kier molecular flexibility index (Phi) is 6.32. The van der Waals surface area contributed by atoms with Gasteiger partial charge < -0.3 is 24.8 Å². The average molecular weight is 370 g/mol. The molecule has 3 rings (SSSR count). The van der Waals surface area contributed by atoms with E-state index in [1.165, 1.54) is 0 Å². The Bertz CT molecular complexity index is 728. The number of carbonyl (C=O) groups excluding carboxylic acids is 1. The van der Waals surface area contributed by atoms with Gasteiger partial charge in [0, 0.05) is 37.9 Å². The van der Waals surface area contributed by atoms with Crippen LogP contribution < -0.4 is 10.1 Å². The second-order valence-corrected chi connectivity index (χ2v) is 7.00. The summed E-state index contributed by atoms with van der Waals surface area (Å²) in [5, 5.41) is 12.7. The molecule has 27 heavy (non-hydrogen) atoms. The molecule has 2 aromatic rings. The number of para-hydroxylation sites is 1. The molecular formula is C21H26N2O4. The summed E-state index contributed by atoms with van der Waals surface area (Å²) in [5.41, 5.74) is 0.412. The second kappa shape index (κ2) is 8.88. The number of urea groups is 1. The van der Waals surface area contributed by atoms with E-state index in [4.69, 9.17) is 9.47 Å². The maximum atomic E-state index is 12.5. The smallest absolute Gasteiger partial charge is 0.321 e. The van der Waals surface area contributed by atoms with Gasteiger partial charge >= 0.3 is 6.03 Å². The first kappa shape index (κ1) is 19.2. The molecule has 2 amide bonds. The Hall–Kier alpha value is -2.57. The summed E-state index contributed by atoms with van der Waals surface area (Å²) in [6.45, 7) is 1.80. The molecule has 144 valence electrons. The summed E-state index contributed by atoms with van der Waals surface area (Å²) in [6, 6.07) is 16.6. The molecule has 1 saturated heterocycles. The van der Waals surface area contributed by atoms with Gasteiger partial charge in [-0.3, -0.25) is 0 Å². The summed E-state index contributed by atoms with van der Waals surface area (Å²) in [7, 11) is 1.75. The van der Waals surface area contributed by atoms with Crippen molar-refractivity contribution >= 4 is 11.7 Å². The van der Waals surface area contributed by atoms with Gasteiger partial charge in [-0.2, -0.15) is 0 Å². The maximum Gasteiger partial charge on any atom is 0.321 e. The lowest BCUT2D eigenvalue weighted by molar-refractivity contribution is -0.0255. The molecule has 1 aliphatic rings. The van der Waals surface area contributed by atoms with E-state index in [1.54, 1.807) is 24.1 Å². The maximum absolute atomic E-state index is 12.5. The summed E-state index contributed by atoms with van der Waals surface area (Å²) in [4.78, 5) is 14.1. The van der Waals surface area contributed by atoms with Gasteiger partial charge in [-0.1, -0.05) is 18.2 Å². The van der Waals surface area contributed by atoms with Crippen molar-refractivity contribution < 1.29 is 19.4 Å². The molecule has 0 radical (unpaired) electrons. The van der Waals surface area contributed by atoms with E-state index < -0.39 is 0 Å². The zero-order valence-electron chi connectivity index (χ0n) is 15.6. The van der Waals surface area contributed by atoms with Gasteiger partial charge in [0.05, 0.1) is 6.61 Å². The first-order valence-corrected chi connectivity index (χ1v) is 9.14. The molecular weight excluding hydrogens is 344 g/mol. The van der Waals surface area contributed by atoms with Crippen LogP contribution in [0, 0.1) is 5.41 Å². The highest BCUT2D eigenvalue weighted by Gasteiger charge is 2.34. The van der Waals surface area contributed by atoms with E-state index in [0.29, 0.717) is 31.2 Å². The number of aliphatic hydroxyl groups excluding tert-OH is 1. The molecule has 0 spiro atoms. The van der Waals surface area contributed by atoms with Crippen LogP contribution in [-0.4, -0.2) is 49.5 Å². The lowest BCUT2D eigenvalue weighted by Gasteiger charge is -2.38. The van der Waals surface area contributed by atoms with Crippen molar-refractivity contribution in [1.82, 2.24) is 4.90 Å². The number of carbonyl (C=O) groups is 1. The highest BCUT2D eigenvalue weighted by atomic mass is 16.5. The quantitative estimate of drug-likeness (QED) is 0.813. The van der Waals surface area contributed by atoms with Crippen LogP contribution >= 0.6 is 0 Å². The Labute approximate surface area is 159 Å². The van der Waals surface area contributed by atoms with E-state index in [9.17, 15) is 9.90 Å². The van der Waals surface area contributed by atoms with Gasteiger partial charge in [-0.15, -0.1) is 0 Å². The predicted molar refractivity (Wildman–Crippen MR) is 104 cm³/mol. The highest BCUT2D eigenvalue weighted by molar-refractivity contribution is 5.89. The Morgan fingerprint density at radius 1 is 1.11 bits per heavy atom. The fourth-order valence-corrected chi connectivity index (χ4v) is 3.20. The Morgan fingerprint density at radius 2 is 1.74 bits per heavy atom. The number of nitrogens with one attached hydrogen (secondary N) is 1. The number of anilines is 1. The molecule has 0 bridgehead atoms. The van der Waals surface area contributed by atoms with E-state index in [2.05, 4.69) is 5.32 Å². The summed E-state index contributed by atoms with van der Waals surface area (Å²) in [5.74, 6) is 1.47. The van der Waals surface area contributed by atoms with Crippen LogP contribution in [0.5, 0.6) is 11.5 Å². The highest BCUT2D eigenvalue weighted by Crippen LogP contribution is 2.31. The number of hydrogen-bond donors (Lipinski definition) is 2. The zero-order chi connectivity index (χ0) is 19.1. The van der Waals surface area contributed by atoms with Crippen molar-refractivity contribution in [2.24, 2.45) is 5.41 Å². The number of benzene rings is 2. The minimum absolute atomic E-state index is 0.0551. The molecule has 0 aromatic heterocycles. The number of amides is 2. The largest absolute Gasteiger partial charge is 0.457 e. The average Bonchev–Trinajstić information content (AvgIpc) is 2.71. The van der Waals surface area contributed by atoms with Crippen LogP contribution in [0.4, 0.5) is 10.5 Å². The summed E-state index contributed by atoms with van der Waals surface area (Å²) >= 11 is 0. The molecule has 1 heterocycles. The van der Waals surface area contributed by atoms with Crippen LogP contribution in [0.2, 0.25) is 0 Å². The molecule has 6 heteroatoms. The van der Waals surface area contributed by atoms with Gasteiger partial charge in [0.15, 0.2) is 0 Å². The number of hydrogen-bond acceptors (Lipinski definition) is 4. The molecule has 0 atom stereocenters. The van der Waals surface area contributed by atoms with Crippen molar-refractivity contribution in [1.29, 1.82) is 0 Å². The number of rotatable bonds is 6. The van der Waals surface area contributed by atoms with Gasteiger partial charge in [0.25, 0.3) is 0 Å². The summed E-state index contributed by atoms with van der Waals surface area (Å²) in [6.07, 6.45) is 1.51. The fraction of sp³-hybridized carbons (Fsp3) is 0.381. The van der Waals surface area contributed by atoms with Crippen molar-refractivity contribution in [3.8, 4) is 11.5 Å². The van der Waals surface area contributed by atoms with Crippen LogP contribution in [0.25, 0.3) is 0 Å². The first-order valence-electron chi connectivity index (χ1n) is 9.14. The summed E-state index contributed by atoms with van der Waals surface area (Å²) < 4.78 is 11.1. The molecule has 6 nitrogen and oxygen atoms in total. The lowest BCUT2D eigenvalue weighted by atomic mass is 9.80. The second-order valence-electron chi connectivity index (χ2n) is 7.00. The van der Waals surface area contributed by atoms with Crippen LogP contribution in [-0.2, 0) is 4.74 Å². The fourth-order valence-electron chi connectivity index (χ4n) is 3.20. The van der Waals surface area contributed by atoms with Gasteiger partial charge in [-0.05, 0) is 49.2 Å². The monoisotopic (exact) mass is 370 g/mol. The van der Waals surface area contributed by atoms with Gasteiger partial charge in [0.2, 0.25) is 0 Å². The topological polar surface area (TPSA) is 71.0 Å². The first-order chi connectivity index (χ1) is 13.1. The number of nitrogens with zero attached hydrogens (tertiary/aromatic N) is 1. The van der Waals surface area contributed by atoms with Crippen LogP contribution in [0.3, 0.4) is 0 Å². The third kappa shape index (κ3) is 5.21.